The molecule has 26 heavy (non-hydrogen) atoms. The van der Waals surface area contributed by atoms with E-state index in [9.17, 15) is 0 Å². The molecule has 1 N–H and O–H groups in total. The number of nitrogens with zero attached hydrogens (tertiary/aromatic N) is 2. The van der Waals surface area contributed by atoms with Crippen LogP contribution in [0.25, 0.3) is 10.9 Å². The fourth-order valence-corrected chi connectivity index (χ4v) is 4.29. The fraction of sp³-hybridized carbons (Fsp3) is 0.550. The second-order valence-corrected chi connectivity index (χ2v) is 7.43. The van der Waals surface area contributed by atoms with Crippen molar-refractivity contribution < 1.29 is 9.47 Å². The van der Waals surface area contributed by atoms with Crippen LogP contribution in [0.3, 0.4) is 0 Å². The number of halogens is 1. The minimum Gasteiger partial charge on any atom is -0.497 e. The molecule has 0 radical (unpaired) electrons. The zero-order valence-corrected chi connectivity index (χ0v) is 16.0. The van der Waals surface area contributed by atoms with E-state index >= 15 is 0 Å². The molecule has 1 aromatic heterocycles. The summed E-state index contributed by atoms with van der Waals surface area (Å²) in [5.74, 6) is 0.839. The van der Waals surface area contributed by atoms with Crippen molar-refractivity contribution in [3.63, 3.8) is 0 Å². The van der Waals surface area contributed by atoms with Gasteiger partial charge in [-0.2, -0.15) is 0 Å². The van der Waals surface area contributed by atoms with Gasteiger partial charge in [0.25, 0.3) is 0 Å². The molecule has 1 aliphatic carbocycles. The number of hydrogen-bond donors (Lipinski definition) is 1. The Balaban J connectivity index is 1.77. The Morgan fingerprint density at radius 2 is 2.04 bits per heavy atom. The number of methoxy groups -OCH3 is 1. The first-order valence-corrected chi connectivity index (χ1v) is 9.86. The second kappa shape index (κ2) is 7.99. The van der Waals surface area contributed by atoms with Crippen LogP contribution in [0.2, 0.25) is 5.15 Å². The van der Waals surface area contributed by atoms with E-state index in [4.69, 9.17) is 21.1 Å². The summed E-state index contributed by atoms with van der Waals surface area (Å²) in [6.07, 6.45) is 5.13. The maximum Gasteiger partial charge on any atom is 0.136 e. The van der Waals surface area contributed by atoms with Gasteiger partial charge in [-0.1, -0.05) is 24.4 Å². The molecule has 140 valence electrons. The van der Waals surface area contributed by atoms with Crippen molar-refractivity contribution >= 4 is 28.2 Å². The van der Waals surface area contributed by atoms with Gasteiger partial charge in [-0.25, -0.2) is 4.98 Å². The average molecular weight is 376 g/mol. The summed E-state index contributed by atoms with van der Waals surface area (Å²) < 4.78 is 11.0. The number of aromatic nitrogens is 1. The van der Waals surface area contributed by atoms with Gasteiger partial charge in [-0.15, -0.1) is 0 Å². The first-order chi connectivity index (χ1) is 12.8. The second-order valence-electron chi connectivity index (χ2n) is 7.07. The highest BCUT2D eigenvalue weighted by atomic mass is 35.5. The maximum absolute atomic E-state index is 6.65. The lowest BCUT2D eigenvalue weighted by molar-refractivity contribution is 0.122. The molecule has 1 saturated heterocycles. The number of anilines is 1. The van der Waals surface area contributed by atoms with Gasteiger partial charge >= 0.3 is 0 Å². The highest BCUT2D eigenvalue weighted by Gasteiger charge is 2.23. The summed E-state index contributed by atoms with van der Waals surface area (Å²) in [7, 11) is 1.70. The average Bonchev–Trinajstić information content (AvgIpc) is 3.20. The van der Waals surface area contributed by atoms with Crippen molar-refractivity contribution in [1.29, 1.82) is 0 Å². The van der Waals surface area contributed by atoms with E-state index in [2.05, 4.69) is 21.3 Å². The van der Waals surface area contributed by atoms with Crippen LogP contribution in [0, 0.1) is 0 Å². The molecule has 0 amide bonds. The lowest BCUT2D eigenvalue weighted by Gasteiger charge is -2.32. The summed E-state index contributed by atoms with van der Waals surface area (Å²) in [6.45, 7) is 3.95. The Morgan fingerprint density at radius 3 is 2.77 bits per heavy atom. The van der Waals surface area contributed by atoms with Crippen LogP contribution in [0.15, 0.2) is 18.2 Å². The number of hydrogen-bond acceptors (Lipinski definition) is 5. The summed E-state index contributed by atoms with van der Waals surface area (Å²) in [4.78, 5) is 7.04. The van der Waals surface area contributed by atoms with Crippen molar-refractivity contribution in [1.82, 2.24) is 10.3 Å². The van der Waals surface area contributed by atoms with Crippen LogP contribution < -0.4 is 15.0 Å². The largest absolute Gasteiger partial charge is 0.497 e. The predicted octanol–water partition coefficient (Wildman–Crippen LogP) is 3.77. The van der Waals surface area contributed by atoms with Crippen molar-refractivity contribution in [2.24, 2.45) is 0 Å². The highest BCUT2D eigenvalue weighted by Crippen LogP contribution is 2.36. The van der Waals surface area contributed by atoms with Gasteiger partial charge < -0.3 is 19.7 Å². The molecule has 2 fully saturated rings. The van der Waals surface area contributed by atoms with Gasteiger partial charge in [0.15, 0.2) is 0 Å². The first kappa shape index (κ1) is 17.8. The van der Waals surface area contributed by atoms with Crippen molar-refractivity contribution in [2.45, 2.75) is 38.3 Å². The minimum atomic E-state index is 0.588. The molecule has 2 aromatic rings. The summed E-state index contributed by atoms with van der Waals surface area (Å²) in [5.41, 5.74) is 3.16. The Morgan fingerprint density at radius 1 is 1.27 bits per heavy atom. The molecule has 0 bridgehead atoms. The SMILES string of the molecule is COc1ccc2nc(Cl)c(CNC3CCCC3)c(N3CCOCC3)c2c1. The standard InChI is InChI=1S/C20H26ClN3O2/c1-25-15-6-7-18-16(12-15)19(24-8-10-26-11-9-24)17(20(21)23-18)13-22-14-4-2-3-5-14/h6-7,12,14,22H,2-5,8-11,13H2,1H3. The molecule has 0 atom stereocenters. The van der Waals surface area contributed by atoms with Gasteiger partial charge in [-0.3, -0.25) is 0 Å². The van der Waals surface area contributed by atoms with Crippen LogP contribution >= 0.6 is 11.6 Å². The number of fused-ring (bicyclic) bond motifs is 1. The van der Waals surface area contributed by atoms with E-state index in [-0.39, 0.29) is 0 Å². The van der Waals surface area contributed by atoms with Crippen molar-refractivity contribution in [3.8, 4) is 5.75 Å². The number of ether oxygens (including phenoxy) is 2. The lowest BCUT2D eigenvalue weighted by atomic mass is 10.1. The van der Waals surface area contributed by atoms with E-state index in [1.54, 1.807) is 7.11 Å². The van der Waals surface area contributed by atoms with Gasteiger partial charge in [-0.05, 0) is 31.0 Å². The predicted molar refractivity (Wildman–Crippen MR) is 105 cm³/mol. The van der Waals surface area contributed by atoms with Gasteiger partial charge in [0.05, 0.1) is 31.5 Å². The third-order valence-corrected chi connectivity index (χ3v) is 5.77. The lowest BCUT2D eigenvalue weighted by Crippen LogP contribution is -2.37. The number of benzene rings is 1. The molecule has 1 aliphatic heterocycles. The van der Waals surface area contributed by atoms with Crippen molar-refractivity contribution in [2.75, 3.05) is 38.3 Å². The Kier molecular flexibility index (Phi) is 5.48. The fourth-order valence-electron chi connectivity index (χ4n) is 4.04. The topological polar surface area (TPSA) is 46.6 Å². The third-order valence-electron chi connectivity index (χ3n) is 5.46. The van der Waals surface area contributed by atoms with Crippen LogP contribution in [0.5, 0.6) is 5.75 Å². The molecule has 1 saturated carbocycles. The van der Waals surface area contributed by atoms with Gasteiger partial charge in [0.2, 0.25) is 0 Å². The molecule has 4 rings (SSSR count). The molecule has 0 unspecified atom stereocenters. The molecular formula is C20H26ClN3O2. The molecular weight excluding hydrogens is 350 g/mol. The number of rotatable bonds is 5. The minimum absolute atomic E-state index is 0.588. The Labute approximate surface area is 159 Å². The first-order valence-electron chi connectivity index (χ1n) is 9.48. The molecule has 2 heterocycles. The van der Waals surface area contributed by atoms with E-state index in [1.807, 2.05) is 12.1 Å². The smallest absolute Gasteiger partial charge is 0.136 e. The zero-order valence-electron chi connectivity index (χ0n) is 15.3. The van der Waals surface area contributed by atoms with E-state index < -0.39 is 0 Å². The summed E-state index contributed by atoms with van der Waals surface area (Å²) in [5, 5.41) is 5.39. The summed E-state index contributed by atoms with van der Waals surface area (Å²) in [6, 6.07) is 6.58. The van der Waals surface area contributed by atoms with Crippen LogP contribution in [-0.4, -0.2) is 44.4 Å². The normalized spacial score (nSPS) is 18.6. The number of morpholine rings is 1. The van der Waals surface area contributed by atoms with Gasteiger partial charge in [0.1, 0.15) is 10.9 Å². The molecule has 1 aromatic carbocycles. The highest BCUT2D eigenvalue weighted by molar-refractivity contribution is 6.31. The van der Waals surface area contributed by atoms with Crippen LogP contribution in [0.4, 0.5) is 5.69 Å². The van der Waals surface area contributed by atoms with E-state index in [0.717, 1.165) is 55.1 Å². The van der Waals surface area contributed by atoms with E-state index in [1.165, 1.54) is 31.4 Å². The maximum atomic E-state index is 6.65. The van der Waals surface area contributed by atoms with Crippen molar-refractivity contribution in [3.05, 3.63) is 28.9 Å². The quantitative estimate of drug-likeness (QED) is 0.806. The monoisotopic (exact) mass is 375 g/mol. The Hall–Kier alpha value is -1.56. The summed E-state index contributed by atoms with van der Waals surface area (Å²) >= 11 is 6.65. The molecule has 5 nitrogen and oxygen atoms in total. The van der Waals surface area contributed by atoms with Crippen LogP contribution in [0.1, 0.15) is 31.2 Å². The molecule has 2 aliphatic rings. The molecule has 0 spiro atoms. The zero-order chi connectivity index (χ0) is 17.9. The van der Waals surface area contributed by atoms with Gasteiger partial charge in [0, 0.05) is 36.6 Å². The molecule has 6 heteroatoms. The van der Waals surface area contributed by atoms with E-state index in [0.29, 0.717) is 11.2 Å². The van der Waals surface area contributed by atoms with Crippen LogP contribution in [-0.2, 0) is 11.3 Å². The number of nitrogens with one attached hydrogen (secondary N) is 1. The number of pyridine rings is 1. The third kappa shape index (κ3) is 3.61. The Bertz CT molecular complexity index is 771.